The monoisotopic (exact) mass is 192 g/mol. The molecule has 0 fully saturated rings. The third-order valence-electron chi connectivity index (χ3n) is 1.58. The normalized spacial score (nSPS) is 8.71. The fourth-order valence-electron chi connectivity index (χ4n) is 0.975. The molecular weight excluding hydrogens is 184 g/mol. The molecule has 0 saturated heterocycles. The number of hydrogen-bond donors (Lipinski definition) is 0. The highest BCUT2D eigenvalue weighted by atomic mass is 16.5. The van der Waals surface area contributed by atoms with Gasteiger partial charge in [-0.15, -0.1) is 0 Å². The first kappa shape index (κ1) is 9.99. The van der Waals surface area contributed by atoms with E-state index in [0.29, 0.717) is 11.8 Å². The summed E-state index contributed by atoms with van der Waals surface area (Å²) in [6.07, 6.45) is 1.86. The third kappa shape index (κ3) is 1.80. The Morgan fingerprint density at radius 3 is 3.00 bits per heavy atom. The lowest BCUT2D eigenvalue weighted by molar-refractivity contribution is -0.103. The topological polar surface area (TPSA) is 61.2 Å². The van der Waals surface area contributed by atoms with Crippen molar-refractivity contribution in [1.82, 2.24) is 9.78 Å². The van der Waals surface area contributed by atoms with Crippen LogP contribution < -0.4 is 0 Å². The second kappa shape index (κ2) is 4.23. The Morgan fingerprint density at radius 1 is 1.71 bits per heavy atom. The Bertz CT molecular complexity index is 423. The van der Waals surface area contributed by atoms with Gasteiger partial charge in [-0.3, -0.25) is 9.48 Å². The molecule has 0 aliphatic rings. The number of methoxy groups -OCH3 is 1. The summed E-state index contributed by atoms with van der Waals surface area (Å²) in [7, 11) is 2.87. The molecule has 1 aromatic rings. The van der Waals surface area contributed by atoms with Crippen molar-refractivity contribution in [3.63, 3.8) is 0 Å². The van der Waals surface area contributed by atoms with Gasteiger partial charge in [0.2, 0.25) is 0 Å². The molecule has 0 atom stereocenters. The summed E-state index contributed by atoms with van der Waals surface area (Å²) < 4.78 is 5.89. The Hall–Kier alpha value is -2.09. The van der Waals surface area contributed by atoms with Gasteiger partial charge < -0.3 is 4.74 Å². The van der Waals surface area contributed by atoms with E-state index >= 15 is 0 Å². The van der Waals surface area contributed by atoms with Crippen molar-refractivity contribution in [2.24, 2.45) is 7.05 Å². The molecule has 5 heteroatoms. The number of rotatable bonds is 1. The molecule has 0 bridgehead atoms. The number of aldehydes is 1. The van der Waals surface area contributed by atoms with Gasteiger partial charge in [0.15, 0.2) is 12.0 Å². The fraction of sp³-hybridized carbons (Fsp3) is 0.222. The zero-order valence-corrected chi connectivity index (χ0v) is 7.77. The first-order chi connectivity index (χ1) is 6.70. The lowest BCUT2D eigenvalue weighted by Gasteiger charge is -1.99. The minimum atomic E-state index is -0.528. The highest BCUT2D eigenvalue weighted by Crippen LogP contribution is 2.06. The Balaban J connectivity index is 3.18. The first-order valence-electron chi connectivity index (χ1n) is 3.76. The van der Waals surface area contributed by atoms with E-state index in [2.05, 4.69) is 21.7 Å². The Kier molecular flexibility index (Phi) is 3.02. The van der Waals surface area contributed by atoms with E-state index in [0.717, 1.165) is 0 Å². The highest BCUT2D eigenvalue weighted by Gasteiger charge is 2.15. The van der Waals surface area contributed by atoms with E-state index in [1.165, 1.54) is 18.0 Å². The van der Waals surface area contributed by atoms with Gasteiger partial charge in [0, 0.05) is 7.05 Å². The predicted octanol–water partition coefficient (Wildman–Crippen LogP) is -0.243. The maximum absolute atomic E-state index is 11.2. The van der Waals surface area contributed by atoms with Crippen LogP contribution in [0.15, 0.2) is 6.20 Å². The molecule has 1 aromatic heterocycles. The zero-order valence-electron chi connectivity index (χ0n) is 7.77. The van der Waals surface area contributed by atoms with Gasteiger partial charge in [0.25, 0.3) is 0 Å². The van der Waals surface area contributed by atoms with Crippen LogP contribution in [0.25, 0.3) is 0 Å². The third-order valence-corrected chi connectivity index (χ3v) is 1.58. The average Bonchev–Trinajstić information content (AvgIpc) is 2.55. The molecule has 0 saturated carbocycles. The summed E-state index contributed by atoms with van der Waals surface area (Å²) in [5.74, 6) is 4.17. The maximum Gasteiger partial charge on any atom is 0.357 e. The van der Waals surface area contributed by atoms with Crippen molar-refractivity contribution < 1.29 is 14.3 Å². The lowest BCUT2D eigenvalue weighted by atomic mass is 10.2. The van der Waals surface area contributed by atoms with E-state index in [1.54, 1.807) is 7.05 Å². The number of aromatic nitrogens is 2. The number of carbonyl (C=O) groups excluding carboxylic acids is 2. The van der Waals surface area contributed by atoms with Gasteiger partial charge in [-0.05, 0) is 5.92 Å². The molecule has 0 radical (unpaired) electrons. The van der Waals surface area contributed by atoms with Crippen LogP contribution in [-0.4, -0.2) is 29.1 Å². The van der Waals surface area contributed by atoms with E-state index in [9.17, 15) is 9.59 Å². The van der Waals surface area contributed by atoms with E-state index in [-0.39, 0.29) is 5.69 Å². The number of aryl methyl sites for hydroxylation is 1. The van der Waals surface area contributed by atoms with Gasteiger partial charge in [-0.1, -0.05) is 5.92 Å². The zero-order chi connectivity index (χ0) is 10.6. The molecule has 5 nitrogen and oxygen atoms in total. The largest absolute Gasteiger partial charge is 0.464 e. The summed E-state index contributed by atoms with van der Waals surface area (Å²) in [6, 6.07) is 0. The van der Waals surface area contributed by atoms with E-state index < -0.39 is 5.97 Å². The van der Waals surface area contributed by atoms with Crippen molar-refractivity contribution in [2.75, 3.05) is 7.11 Å². The molecule has 0 unspecified atom stereocenters. The standard InChI is InChI=1S/C9H8N2O3/c1-11-8(9(13)14-2)7(6-10-11)4-3-5-12/h5-6H,1-2H3. The van der Waals surface area contributed by atoms with Gasteiger partial charge in [0.1, 0.15) is 0 Å². The average molecular weight is 192 g/mol. The molecule has 1 rings (SSSR count). The molecule has 0 aliphatic heterocycles. The van der Waals surface area contributed by atoms with Crippen LogP contribution in [0.5, 0.6) is 0 Å². The highest BCUT2D eigenvalue weighted by molar-refractivity contribution is 5.90. The lowest BCUT2D eigenvalue weighted by Crippen LogP contribution is -2.09. The number of carbonyl (C=O) groups is 2. The molecule has 0 spiro atoms. The SMILES string of the molecule is COC(=O)c1c(C#CC=O)cnn1C. The molecule has 0 aliphatic carbocycles. The summed E-state index contributed by atoms with van der Waals surface area (Å²) in [4.78, 5) is 21.3. The summed E-state index contributed by atoms with van der Waals surface area (Å²) >= 11 is 0. The van der Waals surface area contributed by atoms with Crippen LogP contribution >= 0.6 is 0 Å². The molecule has 1 heterocycles. The second-order valence-corrected chi connectivity index (χ2v) is 2.41. The van der Waals surface area contributed by atoms with Gasteiger partial charge >= 0.3 is 5.97 Å². The Morgan fingerprint density at radius 2 is 2.43 bits per heavy atom. The van der Waals surface area contributed by atoms with Crippen molar-refractivity contribution in [3.05, 3.63) is 17.5 Å². The molecule has 0 aromatic carbocycles. The number of nitrogens with zero attached hydrogens (tertiary/aromatic N) is 2. The van der Waals surface area contributed by atoms with Crippen molar-refractivity contribution in [1.29, 1.82) is 0 Å². The molecular formula is C9H8N2O3. The van der Waals surface area contributed by atoms with Crippen LogP contribution in [0.3, 0.4) is 0 Å². The first-order valence-corrected chi connectivity index (χ1v) is 3.76. The van der Waals surface area contributed by atoms with Gasteiger partial charge in [0.05, 0.1) is 18.9 Å². The smallest absolute Gasteiger partial charge is 0.357 e. The summed E-state index contributed by atoms with van der Waals surface area (Å²) in [6.45, 7) is 0. The number of hydrogen-bond acceptors (Lipinski definition) is 4. The van der Waals surface area contributed by atoms with Crippen LogP contribution in [0.1, 0.15) is 16.1 Å². The second-order valence-electron chi connectivity index (χ2n) is 2.41. The minimum Gasteiger partial charge on any atom is -0.464 e. The van der Waals surface area contributed by atoms with E-state index in [1.807, 2.05) is 0 Å². The van der Waals surface area contributed by atoms with Crippen LogP contribution in [0.4, 0.5) is 0 Å². The molecule has 14 heavy (non-hydrogen) atoms. The van der Waals surface area contributed by atoms with Crippen molar-refractivity contribution in [3.8, 4) is 11.8 Å². The van der Waals surface area contributed by atoms with Crippen molar-refractivity contribution in [2.45, 2.75) is 0 Å². The van der Waals surface area contributed by atoms with E-state index in [4.69, 9.17) is 0 Å². The van der Waals surface area contributed by atoms with Crippen molar-refractivity contribution >= 4 is 12.3 Å². The van der Waals surface area contributed by atoms with Gasteiger partial charge in [-0.2, -0.15) is 5.10 Å². The van der Waals surface area contributed by atoms with Gasteiger partial charge in [-0.25, -0.2) is 4.79 Å². The van der Waals surface area contributed by atoms with Crippen LogP contribution in [0, 0.1) is 11.8 Å². The van der Waals surface area contributed by atoms with Crippen LogP contribution in [-0.2, 0) is 16.6 Å². The summed E-state index contributed by atoms with van der Waals surface area (Å²) in [5, 5.41) is 3.84. The number of esters is 1. The quantitative estimate of drug-likeness (QED) is 0.350. The minimum absolute atomic E-state index is 0.238. The Labute approximate surface area is 80.7 Å². The summed E-state index contributed by atoms with van der Waals surface area (Å²) in [5.41, 5.74) is 0.619. The predicted molar refractivity (Wildman–Crippen MR) is 47.5 cm³/mol. The maximum atomic E-state index is 11.2. The number of ether oxygens (including phenoxy) is 1. The molecule has 0 N–H and O–H groups in total. The van der Waals surface area contributed by atoms with Crippen LogP contribution in [0.2, 0.25) is 0 Å². The molecule has 72 valence electrons. The fourth-order valence-corrected chi connectivity index (χ4v) is 0.975. The molecule has 0 amide bonds.